The number of amides is 1. The van der Waals surface area contributed by atoms with Gasteiger partial charge in [-0.25, -0.2) is 4.79 Å². The molecule has 1 aliphatic heterocycles. The Bertz CT molecular complexity index is 1090. The van der Waals surface area contributed by atoms with Gasteiger partial charge in [-0.05, 0) is 68.3 Å². The number of rotatable bonds is 7. The van der Waals surface area contributed by atoms with Gasteiger partial charge in [-0.1, -0.05) is 5.16 Å². The average molecular weight is 450 g/mol. The smallest absolute Gasteiger partial charge is 0.338 e. The zero-order chi connectivity index (χ0) is 23.2. The van der Waals surface area contributed by atoms with Gasteiger partial charge in [-0.3, -0.25) is 4.79 Å². The number of piperidine rings is 1. The van der Waals surface area contributed by atoms with Crippen LogP contribution in [0.4, 0.5) is 11.7 Å². The van der Waals surface area contributed by atoms with E-state index in [9.17, 15) is 9.59 Å². The van der Waals surface area contributed by atoms with E-state index in [1.807, 2.05) is 29.2 Å². The molecule has 0 unspecified atom stereocenters. The molecular formula is C24H26N4O5. The van der Waals surface area contributed by atoms with Gasteiger partial charge in [0.15, 0.2) is 0 Å². The number of carbonyl (C=O) groups is 2. The molecule has 0 aliphatic carbocycles. The van der Waals surface area contributed by atoms with Gasteiger partial charge in [0.1, 0.15) is 5.75 Å². The summed E-state index contributed by atoms with van der Waals surface area (Å²) in [7, 11) is 1.61. The highest BCUT2D eigenvalue weighted by Gasteiger charge is 2.29. The summed E-state index contributed by atoms with van der Waals surface area (Å²) in [5.41, 5.74) is 1.90. The van der Waals surface area contributed by atoms with E-state index >= 15 is 0 Å². The zero-order valence-electron chi connectivity index (χ0n) is 18.6. The van der Waals surface area contributed by atoms with E-state index in [0.29, 0.717) is 36.2 Å². The van der Waals surface area contributed by atoms with Gasteiger partial charge in [-0.15, -0.1) is 0 Å². The van der Waals surface area contributed by atoms with E-state index in [0.717, 1.165) is 30.7 Å². The largest absolute Gasteiger partial charge is 0.497 e. The van der Waals surface area contributed by atoms with Crippen LogP contribution in [0.25, 0.3) is 11.4 Å². The van der Waals surface area contributed by atoms with Gasteiger partial charge in [0, 0.05) is 24.3 Å². The minimum absolute atomic E-state index is 0.0847. The lowest BCUT2D eigenvalue weighted by atomic mass is 9.97. The van der Waals surface area contributed by atoms with Crippen molar-refractivity contribution in [3.05, 3.63) is 54.1 Å². The highest BCUT2D eigenvalue weighted by atomic mass is 16.5. The lowest BCUT2D eigenvalue weighted by molar-refractivity contribution is -0.120. The first-order valence-electron chi connectivity index (χ1n) is 10.9. The van der Waals surface area contributed by atoms with Gasteiger partial charge in [0.2, 0.25) is 11.7 Å². The number of nitrogens with zero attached hydrogens (tertiary/aromatic N) is 3. The molecule has 0 spiro atoms. The molecule has 2 aromatic carbocycles. The summed E-state index contributed by atoms with van der Waals surface area (Å²) >= 11 is 0. The number of hydrogen-bond donors (Lipinski definition) is 1. The molecule has 33 heavy (non-hydrogen) atoms. The third kappa shape index (κ3) is 5.31. The average Bonchev–Trinajstić information content (AvgIpc) is 3.35. The van der Waals surface area contributed by atoms with Crippen molar-refractivity contribution in [2.45, 2.75) is 19.8 Å². The molecular weight excluding hydrogens is 424 g/mol. The Balaban J connectivity index is 1.37. The molecule has 9 nitrogen and oxygen atoms in total. The molecule has 9 heteroatoms. The van der Waals surface area contributed by atoms with Crippen molar-refractivity contribution in [2.24, 2.45) is 5.92 Å². The molecule has 0 saturated carbocycles. The van der Waals surface area contributed by atoms with Crippen LogP contribution in [0.5, 0.6) is 5.75 Å². The molecule has 0 radical (unpaired) electrons. The van der Waals surface area contributed by atoms with Crippen molar-refractivity contribution in [3.63, 3.8) is 0 Å². The van der Waals surface area contributed by atoms with Gasteiger partial charge >= 0.3 is 12.0 Å². The summed E-state index contributed by atoms with van der Waals surface area (Å²) in [5.74, 6) is 0.550. The van der Waals surface area contributed by atoms with Gasteiger partial charge in [-0.2, -0.15) is 4.98 Å². The molecule has 4 rings (SSSR count). The highest BCUT2D eigenvalue weighted by Crippen LogP contribution is 2.26. The third-order valence-corrected chi connectivity index (χ3v) is 5.49. The van der Waals surface area contributed by atoms with Crippen LogP contribution in [0.15, 0.2) is 53.1 Å². The highest BCUT2D eigenvalue weighted by molar-refractivity contribution is 5.94. The molecule has 1 aliphatic rings. The monoisotopic (exact) mass is 450 g/mol. The number of esters is 1. The molecule has 172 valence electrons. The van der Waals surface area contributed by atoms with Crippen LogP contribution < -0.4 is 15.0 Å². The summed E-state index contributed by atoms with van der Waals surface area (Å²) in [4.78, 5) is 31.1. The first-order valence-corrected chi connectivity index (χ1v) is 10.9. The number of hydrogen-bond acceptors (Lipinski definition) is 8. The molecule has 1 saturated heterocycles. The predicted molar refractivity (Wildman–Crippen MR) is 122 cm³/mol. The Labute approximate surface area is 191 Å². The van der Waals surface area contributed by atoms with Gasteiger partial charge < -0.3 is 24.2 Å². The molecule has 3 aromatic rings. The van der Waals surface area contributed by atoms with Crippen molar-refractivity contribution in [1.29, 1.82) is 0 Å². The molecule has 1 amide bonds. The van der Waals surface area contributed by atoms with E-state index in [-0.39, 0.29) is 17.8 Å². The second kappa shape index (κ2) is 10.2. The number of carbonyl (C=O) groups excluding carboxylic acids is 2. The molecule has 1 N–H and O–H groups in total. The molecule has 2 heterocycles. The Morgan fingerprint density at radius 3 is 2.61 bits per heavy atom. The summed E-state index contributed by atoms with van der Waals surface area (Å²) in [6.45, 7) is 3.30. The van der Waals surface area contributed by atoms with E-state index in [2.05, 4.69) is 15.5 Å². The van der Waals surface area contributed by atoms with Crippen LogP contribution in [0.1, 0.15) is 30.1 Å². The first kappa shape index (κ1) is 22.3. The van der Waals surface area contributed by atoms with Crippen LogP contribution in [-0.2, 0) is 9.53 Å². The maximum atomic E-state index is 12.8. The first-order chi connectivity index (χ1) is 16.1. The van der Waals surface area contributed by atoms with E-state index in [1.54, 1.807) is 38.3 Å². The maximum Gasteiger partial charge on any atom is 0.338 e. The SMILES string of the molecule is CCOC(=O)c1ccc(NC(=O)[C@H]2CCCN(c3nc(-c4ccc(OC)cc4)no3)C2)cc1. The Morgan fingerprint density at radius 2 is 1.91 bits per heavy atom. The fourth-order valence-electron chi connectivity index (χ4n) is 3.71. The van der Waals surface area contributed by atoms with Crippen LogP contribution >= 0.6 is 0 Å². The fourth-order valence-corrected chi connectivity index (χ4v) is 3.71. The number of anilines is 2. The molecule has 1 atom stereocenters. The maximum absolute atomic E-state index is 12.8. The number of methoxy groups -OCH3 is 1. The topological polar surface area (TPSA) is 107 Å². The quantitative estimate of drug-likeness (QED) is 0.542. The fraction of sp³-hybridized carbons (Fsp3) is 0.333. The van der Waals surface area contributed by atoms with E-state index in [4.69, 9.17) is 14.0 Å². The van der Waals surface area contributed by atoms with Crippen molar-refractivity contribution >= 4 is 23.6 Å². The van der Waals surface area contributed by atoms with E-state index in [1.165, 1.54) is 0 Å². The molecule has 0 bridgehead atoms. The molecule has 1 aromatic heterocycles. The number of aromatic nitrogens is 2. The summed E-state index contributed by atoms with van der Waals surface area (Å²) in [5, 5.41) is 7.01. The standard InChI is InChI=1S/C24H26N4O5/c1-3-32-23(30)17-6-10-19(11-7-17)25-22(29)18-5-4-14-28(15-18)24-26-21(27-33-24)16-8-12-20(31-2)13-9-16/h6-13,18H,3-5,14-15H2,1-2H3,(H,25,29)/t18-/m0/s1. The van der Waals surface area contributed by atoms with Crippen LogP contribution in [0.3, 0.4) is 0 Å². The third-order valence-electron chi connectivity index (χ3n) is 5.49. The number of benzene rings is 2. The normalized spacial score (nSPS) is 15.7. The minimum Gasteiger partial charge on any atom is -0.497 e. The van der Waals surface area contributed by atoms with Crippen molar-refractivity contribution in [3.8, 4) is 17.1 Å². The van der Waals surface area contributed by atoms with Crippen LogP contribution in [0.2, 0.25) is 0 Å². The predicted octanol–water partition coefficient (Wildman–Crippen LogP) is 3.78. The number of nitrogens with one attached hydrogen (secondary N) is 1. The van der Waals surface area contributed by atoms with Crippen molar-refractivity contribution in [1.82, 2.24) is 10.1 Å². The van der Waals surface area contributed by atoms with Gasteiger partial charge in [0.05, 0.1) is 25.2 Å². The van der Waals surface area contributed by atoms with Gasteiger partial charge in [0.25, 0.3) is 0 Å². The minimum atomic E-state index is -0.383. The zero-order valence-corrected chi connectivity index (χ0v) is 18.6. The second-order valence-corrected chi connectivity index (χ2v) is 7.70. The summed E-state index contributed by atoms with van der Waals surface area (Å²) in [6, 6.07) is 14.5. The lowest BCUT2D eigenvalue weighted by Gasteiger charge is -2.30. The Hall–Kier alpha value is -3.88. The Kier molecular flexibility index (Phi) is 6.87. The summed E-state index contributed by atoms with van der Waals surface area (Å²) < 4.78 is 15.6. The number of ether oxygens (including phenoxy) is 2. The van der Waals surface area contributed by atoms with Crippen molar-refractivity contribution in [2.75, 3.05) is 37.0 Å². The Morgan fingerprint density at radius 1 is 1.15 bits per heavy atom. The van der Waals surface area contributed by atoms with E-state index < -0.39 is 0 Å². The van der Waals surface area contributed by atoms with Crippen LogP contribution in [0, 0.1) is 5.92 Å². The van der Waals surface area contributed by atoms with Crippen LogP contribution in [-0.4, -0.2) is 48.8 Å². The summed E-state index contributed by atoms with van der Waals surface area (Å²) in [6.07, 6.45) is 1.60. The van der Waals surface area contributed by atoms with Crippen molar-refractivity contribution < 1.29 is 23.6 Å². The second-order valence-electron chi connectivity index (χ2n) is 7.70. The molecule has 1 fully saturated rings. The lowest BCUT2D eigenvalue weighted by Crippen LogP contribution is -2.41.